The van der Waals surface area contributed by atoms with E-state index in [0.717, 1.165) is 25.3 Å². The first-order valence-corrected chi connectivity index (χ1v) is 6.09. The molecule has 2 rings (SSSR count). The Kier molecular flexibility index (Phi) is 4.25. The maximum absolute atomic E-state index is 5.63. The monoisotopic (exact) mass is 242 g/mol. The van der Waals surface area contributed by atoms with E-state index in [2.05, 4.69) is 21.8 Å². The van der Waals surface area contributed by atoms with Crippen molar-refractivity contribution in [3.05, 3.63) is 54.1 Å². The molecule has 0 aliphatic heterocycles. The summed E-state index contributed by atoms with van der Waals surface area (Å²) in [5, 5.41) is 0. The molecule has 0 aliphatic rings. The molecule has 0 atom stereocenters. The second kappa shape index (κ2) is 6.12. The van der Waals surface area contributed by atoms with Crippen molar-refractivity contribution in [2.45, 2.75) is 20.0 Å². The summed E-state index contributed by atoms with van der Waals surface area (Å²) in [5.41, 5.74) is 8.64. The van der Waals surface area contributed by atoms with Gasteiger partial charge in [-0.05, 0) is 36.4 Å². The van der Waals surface area contributed by atoms with Gasteiger partial charge in [0.2, 0.25) is 0 Å². The van der Waals surface area contributed by atoms with Crippen LogP contribution in [0, 0.1) is 0 Å². The molecule has 0 aromatic carbocycles. The fourth-order valence-corrected chi connectivity index (χ4v) is 1.78. The zero-order valence-corrected chi connectivity index (χ0v) is 10.6. The van der Waals surface area contributed by atoms with E-state index in [4.69, 9.17) is 5.73 Å². The molecule has 0 unspecified atom stereocenters. The van der Waals surface area contributed by atoms with Crippen molar-refractivity contribution >= 4 is 5.69 Å². The number of aromatic nitrogens is 2. The van der Waals surface area contributed by atoms with Crippen LogP contribution in [-0.4, -0.2) is 21.4 Å². The van der Waals surface area contributed by atoms with Gasteiger partial charge in [-0.3, -0.25) is 14.9 Å². The van der Waals surface area contributed by atoms with Gasteiger partial charge in [-0.1, -0.05) is 6.92 Å². The highest BCUT2D eigenvalue weighted by Crippen LogP contribution is 2.08. The maximum atomic E-state index is 5.63. The third-order valence-electron chi connectivity index (χ3n) is 2.84. The minimum atomic E-state index is 0.705. The van der Waals surface area contributed by atoms with Crippen LogP contribution in [0.3, 0.4) is 0 Å². The predicted octanol–water partition coefficient (Wildman–Crippen LogP) is 2.08. The molecule has 4 nitrogen and oxygen atoms in total. The second-order valence-corrected chi connectivity index (χ2v) is 4.24. The van der Waals surface area contributed by atoms with Crippen molar-refractivity contribution in [3.8, 4) is 0 Å². The van der Waals surface area contributed by atoms with E-state index in [-0.39, 0.29) is 0 Å². The Morgan fingerprint density at radius 1 is 1.11 bits per heavy atom. The van der Waals surface area contributed by atoms with Crippen molar-refractivity contribution in [1.29, 1.82) is 0 Å². The van der Waals surface area contributed by atoms with Crippen molar-refractivity contribution < 1.29 is 0 Å². The van der Waals surface area contributed by atoms with E-state index < -0.39 is 0 Å². The van der Waals surface area contributed by atoms with Gasteiger partial charge in [0.1, 0.15) is 0 Å². The van der Waals surface area contributed by atoms with Crippen LogP contribution in [-0.2, 0) is 13.1 Å². The van der Waals surface area contributed by atoms with E-state index in [9.17, 15) is 0 Å². The average Bonchev–Trinajstić information content (AvgIpc) is 2.41. The van der Waals surface area contributed by atoms with Crippen LogP contribution in [0.25, 0.3) is 0 Å². The Morgan fingerprint density at radius 2 is 1.89 bits per heavy atom. The third kappa shape index (κ3) is 3.53. The predicted molar refractivity (Wildman–Crippen MR) is 72.7 cm³/mol. The molecule has 2 aromatic rings. The smallest absolute Gasteiger partial charge is 0.0545 e. The lowest BCUT2D eigenvalue weighted by Gasteiger charge is -2.19. The summed E-state index contributed by atoms with van der Waals surface area (Å²) < 4.78 is 0. The summed E-state index contributed by atoms with van der Waals surface area (Å²) in [6, 6.07) is 7.95. The van der Waals surface area contributed by atoms with Gasteiger partial charge in [0.15, 0.2) is 0 Å². The molecular weight excluding hydrogens is 224 g/mol. The number of nitrogen functional groups attached to an aromatic ring is 1. The third-order valence-corrected chi connectivity index (χ3v) is 2.84. The largest absolute Gasteiger partial charge is 0.397 e. The highest BCUT2D eigenvalue weighted by atomic mass is 15.1. The molecule has 4 heteroatoms. The number of hydrogen-bond donors (Lipinski definition) is 1. The first kappa shape index (κ1) is 12.5. The Bertz CT molecular complexity index is 467. The van der Waals surface area contributed by atoms with Crippen LogP contribution in [0.15, 0.2) is 42.9 Å². The molecule has 2 heterocycles. The lowest BCUT2D eigenvalue weighted by molar-refractivity contribution is 0.268. The average molecular weight is 242 g/mol. The number of nitrogens with two attached hydrogens (primary N) is 1. The molecule has 0 fully saturated rings. The molecule has 18 heavy (non-hydrogen) atoms. The highest BCUT2D eigenvalue weighted by Gasteiger charge is 2.05. The van der Waals surface area contributed by atoms with Gasteiger partial charge < -0.3 is 5.73 Å². The molecule has 0 saturated heterocycles. The van der Waals surface area contributed by atoms with Crippen LogP contribution in [0.4, 0.5) is 5.69 Å². The summed E-state index contributed by atoms with van der Waals surface area (Å²) in [5.74, 6) is 0. The topological polar surface area (TPSA) is 55.0 Å². The van der Waals surface area contributed by atoms with Gasteiger partial charge in [-0.2, -0.15) is 0 Å². The fraction of sp³-hybridized carbons (Fsp3) is 0.286. The number of hydrogen-bond acceptors (Lipinski definition) is 4. The number of pyridine rings is 2. The van der Waals surface area contributed by atoms with Crippen LogP contribution in [0.1, 0.15) is 18.2 Å². The van der Waals surface area contributed by atoms with Gasteiger partial charge in [0.05, 0.1) is 17.6 Å². The zero-order chi connectivity index (χ0) is 12.8. The van der Waals surface area contributed by atoms with Gasteiger partial charge in [0.25, 0.3) is 0 Å². The molecule has 0 saturated carbocycles. The van der Waals surface area contributed by atoms with Gasteiger partial charge in [0, 0.05) is 25.5 Å². The lowest BCUT2D eigenvalue weighted by atomic mass is 10.2. The van der Waals surface area contributed by atoms with Crippen molar-refractivity contribution in [1.82, 2.24) is 14.9 Å². The molecule has 0 bridgehead atoms. The van der Waals surface area contributed by atoms with Crippen molar-refractivity contribution in [2.75, 3.05) is 12.3 Å². The zero-order valence-electron chi connectivity index (χ0n) is 10.6. The quantitative estimate of drug-likeness (QED) is 0.872. The van der Waals surface area contributed by atoms with Crippen LogP contribution >= 0.6 is 0 Å². The molecule has 2 aromatic heterocycles. The number of rotatable bonds is 5. The summed E-state index contributed by atoms with van der Waals surface area (Å²) in [6.45, 7) is 4.87. The molecule has 0 aliphatic carbocycles. The Hall–Kier alpha value is -1.94. The van der Waals surface area contributed by atoms with Gasteiger partial charge >= 0.3 is 0 Å². The Labute approximate surface area is 107 Å². The number of anilines is 1. The maximum Gasteiger partial charge on any atom is 0.0545 e. The standard InChI is InChI=1S/C14H18N4/c1-2-18(10-12-5-7-16-8-6-12)11-14-4-3-13(15)9-17-14/h3-9H,2,10-11,15H2,1H3. The summed E-state index contributed by atoms with van der Waals surface area (Å²) in [7, 11) is 0. The van der Waals surface area contributed by atoms with E-state index in [0.29, 0.717) is 5.69 Å². The summed E-state index contributed by atoms with van der Waals surface area (Å²) in [4.78, 5) is 10.7. The lowest BCUT2D eigenvalue weighted by Crippen LogP contribution is -2.22. The SMILES string of the molecule is CCN(Cc1ccncc1)Cc1ccc(N)cn1. The Morgan fingerprint density at radius 3 is 2.50 bits per heavy atom. The van der Waals surface area contributed by atoms with Crippen molar-refractivity contribution in [3.63, 3.8) is 0 Å². The molecule has 0 radical (unpaired) electrons. The first-order chi connectivity index (χ1) is 8.78. The summed E-state index contributed by atoms with van der Waals surface area (Å²) >= 11 is 0. The van der Waals surface area contributed by atoms with E-state index in [1.165, 1.54) is 5.56 Å². The molecule has 2 N–H and O–H groups in total. The molecule has 0 spiro atoms. The molecule has 0 amide bonds. The normalized spacial score (nSPS) is 10.8. The Balaban J connectivity index is 1.99. The van der Waals surface area contributed by atoms with E-state index >= 15 is 0 Å². The van der Waals surface area contributed by atoms with E-state index in [1.54, 1.807) is 6.20 Å². The number of nitrogens with zero attached hydrogens (tertiary/aromatic N) is 3. The highest BCUT2D eigenvalue weighted by molar-refractivity contribution is 5.34. The second-order valence-electron chi connectivity index (χ2n) is 4.24. The van der Waals surface area contributed by atoms with Crippen molar-refractivity contribution in [2.24, 2.45) is 0 Å². The minimum absolute atomic E-state index is 0.705. The van der Waals surface area contributed by atoms with Crippen LogP contribution in [0.5, 0.6) is 0 Å². The minimum Gasteiger partial charge on any atom is -0.397 e. The summed E-state index contributed by atoms with van der Waals surface area (Å²) in [6.07, 6.45) is 5.35. The van der Waals surface area contributed by atoms with Crippen LogP contribution < -0.4 is 5.73 Å². The van der Waals surface area contributed by atoms with E-state index in [1.807, 2.05) is 36.7 Å². The molecule has 94 valence electrons. The van der Waals surface area contributed by atoms with Crippen LogP contribution in [0.2, 0.25) is 0 Å². The molecular formula is C14H18N4. The van der Waals surface area contributed by atoms with Gasteiger partial charge in [-0.25, -0.2) is 0 Å². The first-order valence-electron chi connectivity index (χ1n) is 6.09. The fourth-order valence-electron chi connectivity index (χ4n) is 1.78. The van der Waals surface area contributed by atoms with Gasteiger partial charge in [-0.15, -0.1) is 0 Å².